The van der Waals surface area contributed by atoms with E-state index in [4.69, 9.17) is 4.18 Å². The van der Waals surface area contributed by atoms with Crippen LogP contribution in [0.3, 0.4) is 0 Å². The maximum atomic E-state index is 11.6. The minimum absolute atomic E-state index is 0.265. The van der Waals surface area contributed by atoms with E-state index < -0.39 is 10.1 Å². The minimum atomic E-state index is -3.59. The van der Waals surface area contributed by atoms with Crippen molar-refractivity contribution < 1.29 is 12.6 Å². The lowest BCUT2D eigenvalue weighted by atomic mass is 9.67. The molecule has 0 radical (unpaired) electrons. The Kier molecular flexibility index (Phi) is 3.95. The smallest absolute Gasteiger partial charge is 0.307 e. The van der Waals surface area contributed by atoms with E-state index in [1.807, 2.05) is 12.1 Å². The van der Waals surface area contributed by atoms with Gasteiger partial charge < -0.3 is 9.50 Å². The SMILES string of the molecule is Cc1cccc(Nc2cnc(OS(C)(=O)=O)c3c2C2CCC3CC2)c1. The Bertz CT molecular complexity index is 916. The fourth-order valence-corrected chi connectivity index (χ4v) is 4.63. The first-order chi connectivity index (χ1) is 11.9. The molecule has 0 unspecified atom stereocenters. The van der Waals surface area contributed by atoms with E-state index in [1.54, 1.807) is 6.20 Å². The number of aromatic nitrogens is 1. The van der Waals surface area contributed by atoms with Gasteiger partial charge in [0.15, 0.2) is 0 Å². The molecule has 0 saturated heterocycles. The highest BCUT2D eigenvalue weighted by molar-refractivity contribution is 7.86. The molecule has 1 saturated carbocycles. The maximum absolute atomic E-state index is 11.6. The quantitative estimate of drug-likeness (QED) is 0.829. The fraction of sp³-hybridized carbons (Fsp3) is 0.421. The van der Waals surface area contributed by atoms with Gasteiger partial charge in [-0.25, -0.2) is 4.98 Å². The summed E-state index contributed by atoms with van der Waals surface area (Å²) in [6, 6.07) is 8.20. The Hall–Kier alpha value is -2.08. The summed E-state index contributed by atoms with van der Waals surface area (Å²) >= 11 is 0. The Morgan fingerprint density at radius 2 is 1.80 bits per heavy atom. The van der Waals surface area contributed by atoms with Crippen molar-refractivity contribution in [2.45, 2.75) is 44.4 Å². The van der Waals surface area contributed by atoms with E-state index in [0.717, 1.165) is 48.9 Å². The first kappa shape index (κ1) is 16.4. The van der Waals surface area contributed by atoms with Crippen LogP contribution in [0.4, 0.5) is 11.4 Å². The lowest BCUT2D eigenvalue weighted by molar-refractivity contribution is 0.348. The highest BCUT2D eigenvalue weighted by atomic mass is 32.2. The maximum Gasteiger partial charge on any atom is 0.307 e. The second kappa shape index (κ2) is 6.02. The molecule has 25 heavy (non-hydrogen) atoms. The van der Waals surface area contributed by atoms with Crippen LogP contribution in [0.1, 0.15) is 54.2 Å². The molecular weight excluding hydrogens is 336 g/mol. The first-order valence-electron chi connectivity index (χ1n) is 8.66. The molecule has 1 heterocycles. The molecule has 3 aliphatic carbocycles. The van der Waals surface area contributed by atoms with Gasteiger partial charge in [-0.3, -0.25) is 0 Å². The van der Waals surface area contributed by atoms with Crippen molar-refractivity contribution in [3.05, 3.63) is 47.2 Å². The standard InChI is InChI=1S/C19H22N2O3S/c1-12-4-3-5-15(10-12)21-16-11-20-19(24-25(2,22)23)18-14-8-6-13(7-9-14)17(16)18/h3-5,10-11,13-14,21H,6-9H2,1-2H3. The van der Waals surface area contributed by atoms with Crippen LogP contribution in [-0.4, -0.2) is 19.7 Å². The van der Waals surface area contributed by atoms with E-state index in [1.165, 1.54) is 11.1 Å². The third-order valence-corrected chi connectivity index (χ3v) is 5.65. The zero-order valence-corrected chi connectivity index (χ0v) is 15.3. The lowest BCUT2D eigenvalue weighted by Crippen LogP contribution is -2.25. The number of anilines is 2. The third kappa shape index (κ3) is 3.23. The lowest BCUT2D eigenvalue weighted by Gasteiger charge is -2.39. The van der Waals surface area contributed by atoms with Gasteiger partial charge in [-0.1, -0.05) is 12.1 Å². The van der Waals surface area contributed by atoms with E-state index in [0.29, 0.717) is 11.8 Å². The summed E-state index contributed by atoms with van der Waals surface area (Å²) in [7, 11) is -3.59. The van der Waals surface area contributed by atoms with Gasteiger partial charge in [0.25, 0.3) is 0 Å². The summed E-state index contributed by atoms with van der Waals surface area (Å²) in [5.74, 6) is 1.04. The van der Waals surface area contributed by atoms with Crippen LogP contribution in [0.2, 0.25) is 0 Å². The van der Waals surface area contributed by atoms with E-state index in [-0.39, 0.29) is 5.88 Å². The summed E-state index contributed by atoms with van der Waals surface area (Å²) in [5.41, 5.74) is 5.35. The number of rotatable bonds is 4. The average molecular weight is 358 g/mol. The number of fused-ring (bicyclic) bond motifs is 2. The fourth-order valence-electron chi connectivity index (χ4n) is 4.22. The molecule has 5 nitrogen and oxygen atoms in total. The van der Waals surface area contributed by atoms with Gasteiger partial charge in [0.1, 0.15) is 0 Å². The Morgan fingerprint density at radius 3 is 2.44 bits per heavy atom. The topological polar surface area (TPSA) is 68.3 Å². The van der Waals surface area contributed by atoms with Crippen LogP contribution in [0.25, 0.3) is 0 Å². The monoisotopic (exact) mass is 358 g/mol. The second-order valence-electron chi connectivity index (χ2n) is 7.13. The zero-order valence-electron chi connectivity index (χ0n) is 14.5. The van der Waals surface area contributed by atoms with Crippen molar-refractivity contribution in [1.29, 1.82) is 0 Å². The molecule has 6 heteroatoms. The average Bonchev–Trinajstić information content (AvgIpc) is 2.56. The van der Waals surface area contributed by atoms with Crippen LogP contribution in [0, 0.1) is 6.92 Å². The molecule has 2 bridgehead atoms. The molecule has 0 amide bonds. The van der Waals surface area contributed by atoms with Crippen LogP contribution < -0.4 is 9.50 Å². The molecule has 132 valence electrons. The molecular formula is C19H22N2O3S. The predicted molar refractivity (Wildman–Crippen MR) is 98.1 cm³/mol. The summed E-state index contributed by atoms with van der Waals surface area (Å²) in [5, 5.41) is 3.48. The van der Waals surface area contributed by atoms with E-state index in [2.05, 4.69) is 29.4 Å². The number of hydrogen-bond donors (Lipinski definition) is 1. The molecule has 3 aliphatic rings. The van der Waals surface area contributed by atoms with Crippen molar-refractivity contribution >= 4 is 21.5 Å². The molecule has 1 N–H and O–H groups in total. The van der Waals surface area contributed by atoms with Crippen molar-refractivity contribution in [2.75, 3.05) is 11.6 Å². The van der Waals surface area contributed by atoms with Gasteiger partial charge in [0, 0.05) is 11.3 Å². The number of benzene rings is 1. The third-order valence-electron chi connectivity index (χ3n) is 5.19. The number of pyridine rings is 1. The number of nitrogens with one attached hydrogen (secondary N) is 1. The van der Waals surface area contributed by atoms with E-state index in [9.17, 15) is 8.42 Å². The van der Waals surface area contributed by atoms with Crippen molar-refractivity contribution in [2.24, 2.45) is 0 Å². The van der Waals surface area contributed by atoms with Gasteiger partial charge >= 0.3 is 10.1 Å². The van der Waals surface area contributed by atoms with Gasteiger partial charge in [0.2, 0.25) is 5.88 Å². The van der Waals surface area contributed by atoms with Gasteiger partial charge in [0.05, 0.1) is 18.1 Å². The summed E-state index contributed by atoms with van der Waals surface area (Å²) < 4.78 is 28.5. The minimum Gasteiger partial charge on any atom is -0.361 e. The number of hydrogen-bond acceptors (Lipinski definition) is 5. The van der Waals surface area contributed by atoms with Gasteiger partial charge in [-0.15, -0.1) is 0 Å². The normalized spacial score (nSPS) is 21.7. The second-order valence-corrected chi connectivity index (χ2v) is 8.71. The van der Waals surface area contributed by atoms with Crippen LogP contribution in [0.15, 0.2) is 30.5 Å². The summed E-state index contributed by atoms with van der Waals surface area (Å²) in [6.07, 6.45) is 7.22. The molecule has 0 spiro atoms. The largest absolute Gasteiger partial charge is 0.361 e. The van der Waals surface area contributed by atoms with Gasteiger partial charge in [-0.05, 0) is 67.7 Å². The summed E-state index contributed by atoms with van der Waals surface area (Å²) in [6.45, 7) is 2.06. The molecule has 0 atom stereocenters. The zero-order chi connectivity index (χ0) is 17.6. The number of aryl methyl sites for hydroxylation is 1. The van der Waals surface area contributed by atoms with Crippen molar-refractivity contribution in [1.82, 2.24) is 4.98 Å². The van der Waals surface area contributed by atoms with Crippen LogP contribution in [-0.2, 0) is 10.1 Å². The van der Waals surface area contributed by atoms with E-state index >= 15 is 0 Å². The molecule has 5 rings (SSSR count). The van der Waals surface area contributed by atoms with Crippen LogP contribution >= 0.6 is 0 Å². The van der Waals surface area contributed by atoms with Crippen LogP contribution in [0.5, 0.6) is 5.88 Å². The molecule has 1 aromatic carbocycles. The Labute approximate surface area is 148 Å². The predicted octanol–water partition coefficient (Wildman–Crippen LogP) is 4.23. The Morgan fingerprint density at radius 1 is 1.12 bits per heavy atom. The highest BCUT2D eigenvalue weighted by Crippen LogP contribution is 2.54. The Balaban J connectivity index is 1.80. The molecule has 0 aliphatic heterocycles. The highest BCUT2D eigenvalue weighted by Gasteiger charge is 2.38. The molecule has 2 aromatic rings. The number of nitrogens with zero attached hydrogens (tertiary/aromatic N) is 1. The van der Waals surface area contributed by atoms with Gasteiger partial charge in [-0.2, -0.15) is 8.42 Å². The molecule has 1 aromatic heterocycles. The van der Waals surface area contributed by atoms with Crippen molar-refractivity contribution in [3.8, 4) is 5.88 Å². The first-order valence-corrected chi connectivity index (χ1v) is 10.5. The van der Waals surface area contributed by atoms with Crippen molar-refractivity contribution in [3.63, 3.8) is 0 Å². The molecule has 1 fully saturated rings. The summed E-state index contributed by atoms with van der Waals surface area (Å²) in [4.78, 5) is 4.35.